The smallest absolute Gasteiger partial charge is 0.000516 e. The van der Waals surface area contributed by atoms with Gasteiger partial charge in [0.05, 0.1) is 0 Å². The Balaban J connectivity index is 1.88. The Hall–Kier alpha value is -0.0800. The number of nitrogens with one attached hydrogen (secondary N) is 1. The van der Waals surface area contributed by atoms with Crippen LogP contribution in [0.4, 0.5) is 0 Å². The second kappa shape index (κ2) is 6.49. The zero-order chi connectivity index (χ0) is 11.1. The molecule has 1 fully saturated rings. The van der Waals surface area contributed by atoms with Crippen LogP contribution < -0.4 is 11.1 Å². The molecule has 15 heavy (non-hydrogen) atoms. The van der Waals surface area contributed by atoms with Gasteiger partial charge in [-0.15, -0.1) is 0 Å². The quantitative estimate of drug-likeness (QED) is 0.607. The summed E-state index contributed by atoms with van der Waals surface area (Å²) in [5.74, 6) is 0.802. The maximum absolute atomic E-state index is 5.53. The average Bonchev–Trinajstić information content (AvgIpc) is 2.15. The van der Waals surface area contributed by atoms with Crippen LogP contribution in [0.1, 0.15) is 52.4 Å². The second-order valence-corrected chi connectivity index (χ2v) is 5.67. The van der Waals surface area contributed by atoms with Crippen LogP contribution in [0.3, 0.4) is 0 Å². The Morgan fingerprint density at radius 3 is 2.60 bits per heavy atom. The van der Waals surface area contributed by atoms with Crippen LogP contribution in [0, 0.1) is 11.3 Å². The van der Waals surface area contributed by atoms with Crippen molar-refractivity contribution in [1.29, 1.82) is 0 Å². The standard InChI is InChI=1S/C13H28N2/c1-12(6-9-14)5-3-10-15-11-13(2)7-4-8-13/h12,15H,3-11,14H2,1-2H3. The van der Waals surface area contributed by atoms with E-state index in [0.717, 1.165) is 12.5 Å². The molecule has 0 spiro atoms. The molecule has 0 aromatic heterocycles. The lowest BCUT2D eigenvalue weighted by atomic mass is 9.70. The van der Waals surface area contributed by atoms with Crippen molar-refractivity contribution in [2.45, 2.75) is 52.4 Å². The first-order valence-corrected chi connectivity index (χ1v) is 6.57. The Morgan fingerprint density at radius 1 is 1.33 bits per heavy atom. The highest BCUT2D eigenvalue weighted by molar-refractivity contribution is 4.84. The molecule has 3 N–H and O–H groups in total. The topological polar surface area (TPSA) is 38.0 Å². The van der Waals surface area contributed by atoms with Crippen LogP contribution >= 0.6 is 0 Å². The Bertz CT molecular complexity index is 164. The number of hydrogen-bond donors (Lipinski definition) is 2. The summed E-state index contributed by atoms with van der Waals surface area (Å²) in [6, 6.07) is 0. The van der Waals surface area contributed by atoms with Crippen LogP contribution in [-0.4, -0.2) is 19.6 Å². The molecular formula is C13H28N2. The largest absolute Gasteiger partial charge is 0.330 e. The summed E-state index contributed by atoms with van der Waals surface area (Å²) in [5.41, 5.74) is 6.15. The minimum Gasteiger partial charge on any atom is -0.330 e. The van der Waals surface area contributed by atoms with E-state index in [9.17, 15) is 0 Å². The molecule has 1 unspecified atom stereocenters. The van der Waals surface area contributed by atoms with Crippen LogP contribution in [0.2, 0.25) is 0 Å². The lowest BCUT2D eigenvalue weighted by Gasteiger charge is -2.38. The Kier molecular flexibility index (Phi) is 5.62. The van der Waals surface area contributed by atoms with Crippen LogP contribution in [0.15, 0.2) is 0 Å². The van der Waals surface area contributed by atoms with Crippen molar-refractivity contribution < 1.29 is 0 Å². The highest BCUT2D eigenvalue weighted by Gasteiger charge is 2.30. The van der Waals surface area contributed by atoms with Gasteiger partial charge in [-0.25, -0.2) is 0 Å². The monoisotopic (exact) mass is 212 g/mol. The summed E-state index contributed by atoms with van der Waals surface area (Å²) >= 11 is 0. The van der Waals surface area contributed by atoms with E-state index in [2.05, 4.69) is 19.2 Å². The molecule has 90 valence electrons. The first kappa shape index (κ1) is 13.0. The van der Waals surface area contributed by atoms with E-state index >= 15 is 0 Å². The van der Waals surface area contributed by atoms with Crippen LogP contribution in [0.5, 0.6) is 0 Å². The van der Waals surface area contributed by atoms with E-state index in [1.807, 2.05) is 0 Å². The van der Waals surface area contributed by atoms with Crippen molar-refractivity contribution in [3.63, 3.8) is 0 Å². The lowest BCUT2D eigenvalue weighted by molar-refractivity contribution is 0.156. The number of rotatable bonds is 8. The van der Waals surface area contributed by atoms with E-state index in [4.69, 9.17) is 5.73 Å². The van der Waals surface area contributed by atoms with Gasteiger partial charge in [-0.1, -0.05) is 20.3 Å². The highest BCUT2D eigenvalue weighted by atomic mass is 14.9. The third kappa shape index (κ3) is 4.98. The molecule has 0 bridgehead atoms. The maximum Gasteiger partial charge on any atom is 0.000516 e. The second-order valence-electron chi connectivity index (χ2n) is 5.67. The van der Waals surface area contributed by atoms with Gasteiger partial charge in [-0.3, -0.25) is 0 Å². The fourth-order valence-corrected chi connectivity index (χ4v) is 2.35. The van der Waals surface area contributed by atoms with Crippen molar-refractivity contribution in [2.75, 3.05) is 19.6 Å². The maximum atomic E-state index is 5.53. The summed E-state index contributed by atoms with van der Waals surface area (Å²) < 4.78 is 0. The third-order valence-corrected chi connectivity index (χ3v) is 3.82. The summed E-state index contributed by atoms with van der Waals surface area (Å²) in [7, 11) is 0. The molecule has 2 nitrogen and oxygen atoms in total. The van der Waals surface area contributed by atoms with E-state index in [0.29, 0.717) is 5.41 Å². The SMILES string of the molecule is CC(CCN)CCCNCC1(C)CCC1. The minimum atomic E-state index is 0.628. The molecule has 0 aromatic carbocycles. The molecule has 0 saturated heterocycles. The third-order valence-electron chi connectivity index (χ3n) is 3.82. The number of nitrogens with two attached hydrogens (primary N) is 1. The Morgan fingerprint density at radius 2 is 2.07 bits per heavy atom. The predicted molar refractivity (Wildman–Crippen MR) is 66.9 cm³/mol. The Labute approximate surface area is 95.0 Å². The fourth-order valence-electron chi connectivity index (χ4n) is 2.35. The fraction of sp³-hybridized carbons (Fsp3) is 1.00. The van der Waals surface area contributed by atoms with Gasteiger partial charge in [0.1, 0.15) is 0 Å². The lowest BCUT2D eigenvalue weighted by Crippen LogP contribution is -2.37. The van der Waals surface area contributed by atoms with E-state index in [1.165, 1.54) is 51.6 Å². The minimum absolute atomic E-state index is 0.628. The van der Waals surface area contributed by atoms with E-state index in [-0.39, 0.29) is 0 Å². The van der Waals surface area contributed by atoms with Gasteiger partial charge in [0.25, 0.3) is 0 Å². The van der Waals surface area contributed by atoms with Gasteiger partial charge in [0.2, 0.25) is 0 Å². The van der Waals surface area contributed by atoms with Crippen molar-refractivity contribution >= 4 is 0 Å². The van der Waals surface area contributed by atoms with Gasteiger partial charge in [0.15, 0.2) is 0 Å². The van der Waals surface area contributed by atoms with Gasteiger partial charge in [-0.2, -0.15) is 0 Å². The summed E-state index contributed by atoms with van der Waals surface area (Å²) in [6.07, 6.45) is 8.08. The van der Waals surface area contributed by atoms with Gasteiger partial charge in [-0.05, 0) is 56.5 Å². The van der Waals surface area contributed by atoms with Gasteiger partial charge in [0, 0.05) is 6.54 Å². The molecule has 1 aliphatic rings. The molecule has 0 heterocycles. The normalized spacial score (nSPS) is 21.0. The summed E-state index contributed by atoms with van der Waals surface area (Å²) in [5, 5.41) is 3.59. The van der Waals surface area contributed by atoms with Crippen molar-refractivity contribution in [3.8, 4) is 0 Å². The summed E-state index contributed by atoms with van der Waals surface area (Å²) in [4.78, 5) is 0. The van der Waals surface area contributed by atoms with Crippen molar-refractivity contribution in [1.82, 2.24) is 5.32 Å². The van der Waals surface area contributed by atoms with Gasteiger partial charge >= 0.3 is 0 Å². The van der Waals surface area contributed by atoms with Crippen LogP contribution in [0.25, 0.3) is 0 Å². The molecule has 0 aliphatic heterocycles. The molecule has 0 amide bonds. The molecule has 0 radical (unpaired) electrons. The highest BCUT2D eigenvalue weighted by Crippen LogP contribution is 2.39. The van der Waals surface area contributed by atoms with Crippen molar-refractivity contribution in [3.05, 3.63) is 0 Å². The van der Waals surface area contributed by atoms with E-state index < -0.39 is 0 Å². The van der Waals surface area contributed by atoms with Crippen LogP contribution in [-0.2, 0) is 0 Å². The average molecular weight is 212 g/mol. The van der Waals surface area contributed by atoms with Crippen molar-refractivity contribution in [2.24, 2.45) is 17.1 Å². The van der Waals surface area contributed by atoms with E-state index in [1.54, 1.807) is 0 Å². The molecule has 1 aliphatic carbocycles. The zero-order valence-corrected chi connectivity index (χ0v) is 10.5. The molecule has 2 heteroatoms. The molecule has 1 rings (SSSR count). The molecule has 0 aromatic rings. The summed E-state index contributed by atoms with van der Waals surface area (Å²) in [6.45, 7) is 7.95. The predicted octanol–water partition coefficient (Wildman–Crippen LogP) is 2.53. The molecule has 1 saturated carbocycles. The molecule has 1 atom stereocenters. The number of hydrogen-bond acceptors (Lipinski definition) is 2. The first-order chi connectivity index (χ1) is 7.16. The van der Waals surface area contributed by atoms with Gasteiger partial charge < -0.3 is 11.1 Å². The molecular weight excluding hydrogens is 184 g/mol. The zero-order valence-electron chi connectivity index (χ0n) is 10.5. The first-order valence-electron chi connectivity index (χ1n) is 6.57.